The molecule has 1 rings (SSSR count). The zero-order valence-electron chi connectivity index (χ0n) is 6.94. The molecule has 1 saturated heterocycles. The highest BCUT2D eigenvalue weighted by molar-refractivity contribution is 4.62. The molecule has 0 bridgehead atoms. The largest absolute Gasteiger partial charge is 0.381 e. The van der Waals surface area contributed by atoms with E-state index < -0.39 is 0 Å². The summed E-state index contributed by atoms with van der Waals surface area (Å²) in [4.78, 5) is 0. The Kier molecular flexibility index (Phi) is 3.81. The fraction of sp³-hybridized carbons (Fsp3) is 1.00. The molecule has 0 spiro atoms. The molecule has 0 N–H and O–H groups in total. The highest BCUT2D eigenvalue weighted by Gasteiger charge is 2.12. The van der Waals surface area contributed by atoms with Gasteiger partial charge in [0.15, 0.2) is 0 Å². The van der Waals surface area contributed by atoms with Gasteiger partial charge < -0.3 is 4.74 Å². The summed E-state index contributed by atoms with van der Waals surface area (Å²) in [6, 6.07) is 0. The van der Waals surface area contributed by atoms with Crippen molar-refractivity contribution in [3.05, 3.63) is 0 Å². The lowest BCUT2D eigenvalue weighted by Gasteiger charge is -2.21. The summed E-state index contributed by atoms with van der Waals surface area (Å²) in [7, 11) is 0. The lowest BCUT2D eigenvalue weighted by Crippen LogP contribution is -2.16. The molecule has 0 aromatic carbocycles. The molecule has 0 radical (unpaired) electrons. The van der Waals surface area contributed by atoms with Crippen LogP contribution < -0.4 is 0 Å². The van der Waals surface area contributed by atoms with E-state index in [2.05, 4.69) is 6.92 Å². The summed E-state index contributed by atoms with van der Waals surface area (Å²) in [5.41, 5.74) is 0. The van der Waals surface area contributed by atoms with E-state index >= 15 is 0 Å². The van der Waals surface area contributed by atoms with Gasteiger partial charge in [-0.1, -0.05) is 19.8 Å². The average molecular weight is 142 g/mol. The maximum absolute atomic E-state index is 5.38. The topological polar surface area (TPSA) is 9.23 Å². The highest BCUT2D eigenvalue weighted by atomic mass is 16.5. The first kappa shape index (κ1) is 8.06. The summed E-state index contributed by atoms with van der Waals surface area (Å²) in [5.74, 6) is 0.883. The van der Waals surface area contributed by atoms with Gasteiger partial charge in [-0.25, -0.2) is 0 Å². The lowest BCUT2D eigenvalue weighted by molar-refractivity contribution is 0.0509. The molecular weight excluding hydrogens is 124 g/mol. The molecule has 1 aliphatic heterocycles. The van der Waals surface area contributed by atoms with Crippen LogP contribution in [0.2, 0.25) is 0 Å². The van der Waals surface area contributed by atoms with Crippen molar-refractivity contribution in [3.8, 4) is 0 Å². The van der Waals surface area contributed by atoms with E-state index in [1.807, 2.05) is 0 Å². The van der Waals surface area contributed by atoms with Gasteiger partial charge in [0.2, 0.25) is 0 Å². The van der Waals surface area contributed by atoms with Gasteiger partial charge in [-0.2, -0.15) is 0 Å². The summed E-state index contributed by atoms with van der Waals surface area (Å²) in [5, 5.41) is 0. The van der Waals surface area contributed by atoms with Gasteiger partial charge in [0, 0.05) is 13.2 Å². The van der Waals surface area contributed by atoms with Crippen molar-refractivity contribution < 1.29 is 4.74 Å². The van der Waals surface area contributed by atoms with Crippen molar-refractivity contribution in [2.75, 3.05) is 13.2 Å². The number of ether oxygens (including phenoxy) is 1. The van der Waals surface area contributed by atoms with Gasteiger partial charge in [-0.05, 0) is 25.2 Å². The molecule has 0 unspecified atom stereocenters. The second-order valence-electron chi connectivity index (χ2n) is 3.23. The molecule has 1 heteroatoms. The van der Waals surface area contributed by atoms with Crippen molar-refractivity contribution in [1.82, 2.24) is 0 Å². The molecule has 60 valence electrons. The van der Waals surface area contributed by atoms with Crippen molar-refractivity contribution in [3.63, 3.8) is 0 Å². The van der Waals surface area contributed by atoms with Crippen molar-refractivity contribution >= 4 is 0 Å². The smallest absolute Gasteiger partial charge is 0.0494 e. The molecule has 1 atom stereocenters. The third-order valence-electron chi connectivity index (χ3n) is 2.22. The number of unbranched alkanes of at least 4 members (excludes halogenated alkanes) is 1. The van der Waals surface area contributed by atoms with E-state index in [-0.39, 0.29) is 0 Å². The summed E-state index contributed by atoms with van der Waals surface area (Å²) in [6.07, 6.45) is 6.79. The van der Waals surface area contributed by atoms with Crippen LogP contribution in [0.25, 0.3) is 0 Å². The van der Waals surface area contributed by atoms with E-state index in [1.165, 1.54) is 32.1 Å². The fourth-order valence-corrected chi connectivity index (χ4v) is 1.53. The third-order valence-corrected chi connectivity index (χ3v) is 2.22. The van der Waals surface area contributed by atoms with Crippen molar-refractivity contribution in [1.29, 1.82) is 0 Å². The van der Waals surface area contributed by atoms with Gasteiger partial charge in [-0.3, -0.25) is 0 Å². The molecule has 1 aliphatic rings. The van der Waals surface area contributed by atoms with Crippen LogP contribution in [0.1, 0.15) is 39.0 Å². The van der Waals surface area contributed by atoms with Gasteiger partial charge in [0.05, 0.1) is 0 Å². The van der Waals surface area contributed by atoms with Crippen LogP contribution in [0.5, 0.6) is 0 Å². The molecule has 10 heavy (non-hydrogen) atoms. The Morgan fingerprint density at radius 2 is 2.40 bits per heavy atom. The maximum Gasteiger partial charge on any atom is 0.0494 e. The van der Waals surface area contributed by atoms with Crippen molar-refractivity contribution in [2.45, 2.75) is 39.0 Å². The number of hydrogen-bond donors (Lipinski definition) is 0. The van der Waals surface area contributed by atoms with E-state index in [0.29, 0.717) is 0 Å². The molecule has 0 saturated carbocycles. The normalized spacial score (nSPS) is 26.7. The molecule has 1 heterocycles. The molecular formula is C9H18O. The molecule has 0 aromatic rings. The third kappa shape index (κ3) is 2.70. The van der Waals surface area contributed by atoms with Crippen LogP contribution in [-0.4, -0.2) is 13.2 Å². The SMILES string of the molecule is CCCC[C@@H]1CCCOC1. The van der Waals surface area contributed by atoms with Crippen molar-refractivity contribution in [2.24, 2.45) is 5.92 Å². The highest BCUT2D eigenvalue weighted by Crippen LogP contribution is 2.18. The summed E-state index contributed by atoms with van der Waals surface area (Å²) < 4.78 is 5.38. The standard InChI is InChI=1S/C9H18O/c1-2-3-5-9-6-4-7-10-8-9/h9H,2-8H2,1H3/t9-/m1/s1. The van der Waals surface area contributed by atoms with Gasteiger partial charge in [-0.15, -0.1) is 0 Å². The molecule has 0 aromatic heterocycles. The predicted octanol–water partition coefficient (Wildman–Crippen LogP) is 2.60. The Balaban J connectivity index is 2.02. The van der Waals surface area contributed by atoms with Crippen LogP contribution in [0.4, 0.5) is 0 Å². The lowest BCUT2D eigenvalue weighted by atomic mass is 9.96. The minimum Gasteiger partial charge on any atom is -0.381 e. The Morgan fingerprint density at radius 3 is 3.00 bits per heavy atom. The first-order chi connectivity index (χ1) is 4.93. The van der Waals surface area contributed by atoms with Crippen LogP contribution >= 0.6 is 0 Å². The monoisotopic (exact) mass is 142 g/mol. The Bertz CT molecular complexity index is 74.8. The Labute approximate surface area is 63.8 Å². The van der Waals surface area contributed by atoms with E-state index in [9.17, 15) is 0 Å². The molecule has 0 amide bonds. The van der Waals surface area contributed by atoms with Gasteiger partial charge in [0.1, 0.15) is 0 Å². The first-order valence-electron chi connectivity index (χ1n) is 4.51. The maximum atomic E-state index is 5.38. The minimum atomic E-state index is 0.883. The fourth-order valence-electron chi connectivity index (χ4n) is 1.53. The molecule has 1 nitrogen and oxygen atoms in total. The Hall–Kier alpha value is -0.0400. The molecule has 0 aliphatic carbocycles. The van der Waals surface area contributed by atoms with E-state index in [0.717, 1.165) is 19.1 Å². The quantitative estimate of drug-likeness (QED) is 0.588. The number of hydrogen-bond acceptors (Lipinski definition) is 1. The van der Waals surface area contributed by atoms with Crippen LogP contribution in [0, 0.1) is 5.92 Å². The average Bonchev–Trinajstić information content (AvgIpc) is 2.03. The zero-order valence-corrected chi connectivity index (χ0v) is 6.94. The summed E-state index contributed by atoms with van der Waals surface area (Å²) >= 11 is 0. The second-order valence-corrected chi connectivity index (χ2v) is 3.23. The van der Waals surface area contributed by atoms with Crippen LogP contribution in [0.3, 0.4) is 0 Å². The first-order valence-corrected chi connectivity index (χ1v) is 4.51. The Morgan fingerprint density at radius 1 is 1.50 bits per heavy atom. The predicted molar refractivity (Wildman–Crippen MR) is 43.1 cm³/mol. The van der Waals surface area contributed by atoms with Crippen LogP contribution in [0.15, 0.2) is 0 Å². The second kappa shape index (κ2) is 4.73. The van der Waals surface area contributed by atoms with Gasteiger partial charge >= 0.3 is 0 Å². The summed E-state index contributed by atoms with van der Waals surface area (Å²) in [6.45, 7) is 4.28. The number of rotatable bonds is 3. The van der Waals surface area contributed by atoms with E-state index in [1.54, 1.807) is 0 Å². The van der Waals surface area contributed by atoms with E-state index in [4.69, 9.17) is 4.74 Å². The minimum absolute atomic E-state index is 0.883. The van der Waals surface area contributed by atoms with Gasteiger partial charge in [0.25, 0.3) is 0 Å². The zero-order chi connectivity index (χ0) is 7.23. The van der Waals surface area contributed by atoms with Crippen LogP contribution in [-0.2, 0) is 4.74 Å². The molecule has 1 fully saturated rings.